The van der Waals surface area contributed by atoms with Crippen molar-refractivity contribution in [1.82, 2.24) is 15.5 Å². The van der Waals surface area contributed by atoms with Crippen LogP contribution in [0, 0.1) is 0 Å². The zero-order valence-corrected chi connectivity index (χ0v) is 21.6. The van der Waals surface area contributed by atoms with Crippen LogP contribution in [0.25, 0.3) is 11.4 Å². The fourth-order valence-corrected chi connectivity index (χ4v) is 4.61. The summed E-state index contributed by atoms with van der Waals surface area (Å²) in [6.07, 6.45) is 14.1. The van der Waals surface area contributed by atoms with Crippen molar-refractivity contribution in [1.29, 1.82) is 0 Å². The summed E-state index contributed by atoms with van der Waals surface area (Å²) in [5.74, 6) is 1.46. The predicted octanol–water partition coefficient (Wildman–Crippen LogP) is 7.58. The van der Waals surface area contributed by atoms with Crippen molar-refractivity contribution in [2.45, 2.75) is 122 Å². The number of aryl methyl sites for hydroxylation is 1. The van der Waals surface area contributed by atoms with Crippen molar-refractivity contribution in [2.75, 3.05) is 0 Å². The number of unbranched alkanes of at least 4 members (excludes halogenated alkanes) is 7. The Bertz CT molecular complexity index is 870. The second-order valence-electron chi connectivity index (χ2n) is 10.7. The maximum Gasteiger partial charge on any atom is 0.407 e. The fourth-order valence-electron chi connectivity index (χ4n) is 4.61. The Morgan fingerprint density at radius 3 is 2.38 bits per heavy atom. The van der Waals surface area contributed by atoms with Gasteiger partial charge in [-0.05, 0) is 58.4 Å². The molecule has 3 rings (SSSR count). The molecule has 1 heterocycles. The molecule has 1 N–H and O–H groups in total. The first-order valence-electron chi connectivity index (χ1n) is 13.3. The maximum atomic E-state index is 12.0. The van der Waals surface area contributed by atoms with Crippen LogP contribution in [-0.4, -0.2) is 27.9 Å². The Labute approximate surface area is 205 Å². The number of carbonyl (C=O) groups is 1. The van der Waals surface area contributed by atoms with Crippen molar-refractivity contribution in [3.63, 3.8) is 0 Å². The topological polar surface area (TPSA) is 77.2 Å². The predicted molar refractivity (Wildman–Crippen MR) is 136 cm³/mol. The molecule has 1 aliphatic carbocycles. The number of aromatic nitrogens is 2. The average molecular weight is 470 g/mol. The molecule has 1 fully saturated rings. The standard InChI is InChI=1S/C28H43N3O3/c1-5-6-7-8-9-10-11-12-13-21-14-16-22(17-15-21)25-30-26(34-31-25)23-18-19-24(20-23)29-27(32)33-28(2,3)4/h14-17,23-24H,5-13,18-20H2,1-4H3,(H,29,32)/t23-,24+/m1/s1. The normalized spacial score (nSPS) is 18.2. The largest absolute Gasteiger partial charge is 0.444 e. The van der Waals surface area contributed by atoms with Gasteiger partial charge >= 0.3 is 6.09 Å². The van der Waals surface area contributed by atoms with Crippen LogP contribution in [0.2, 0.25) is 0 Å². The number of amides is 1. The molecule has 6 nitrogen and oxygen atoms in total. The molecule has 0 bridgehead atoms. The number of hydrogen-bond donors (Lipinski definition) is 1. The third-order valence-corrected chi connectivity index (χ3v) is 6.48. The first-order valence-corrected chi connectivity index (χ1v) is 13.3. The van der Waals surface area contributed by atoms with E-state index in [4.69, 9.17) is 9.26 Å². The lowest BCUT2D eigenvalue weighted by Gasteiger charge is -2.21. The van der Waals surface area contributed by atoms with Crippen LogP contribution in [0.1, 0.15) is 116 Å². The lowest BCUT2D eigenvalue weighted by molar-refractivity contribution is 0.0505. The van der Waals surface area contributed by atoms with Crippen molar-refractivity contribution in [3.05, 3.63) is 35.7 Å². The molecule has 0 unspecified atom stereocenters. The summed E-state index contributed by atoms with van der Waals surface area (Å²) >= 11 is 0. The Balaban J connectivity index is 1.41. The molecule has 1 aromatic carbocycles. The van der Waals surface area contributed by atoms with E-state index in [1.165, 1.54) is 56.9 Å². The minimum Gasteiger partial charge on any atom is -0.444 e. The summed E-state index contributed by atoms with van der Waals surface area (Å²) in [6.45, 7) is 7.87. The summed E-state index contributed by atoms with van der Waals surface area (Å²) in [6, 6.07) is 8.63. The highest BCUT2D eigenvalue weighted by Crippen LogP contribution is 2.34. The van der Waals surface area contributed by atoms with E-state index >= 15 is 0 Å². The van der Waals surface area contributed by atoms with Gasteiger partial charge in [0, 0.05) is 17.5 Å². The summed E-state index contributed by atoms with van der Waals surface area (Å²) in [7, 11) is 0. The number of rotatable bonds is 12. The van der Waals surface area contributed by atoms with Gasteiger partial charge in [0.25, 0.3) is 0 Å². The van der Waals surface area contributed by atoms with Gasteiger partial charge in [-0.2, -0.15) is 4.98 Å². The van der Waals surface area contributed by atoms with Crippen LogP contribution < -0.4 is 5.32 Å². The zero-order valence-electron chi connectivity index (χ0n) is 21.6. The Kier molecular flexibility index (Phi) is 9.97. The van der Waals surface area contributed by atoms with Crippen LogP contribution in [0.5, 0.6) is 0 Å². The molecule has 188 valence electrons. The summed E-state index contributed by atoms with van der Waals surface area (Å²) in [5, 5.41) is 7.18. The minimum absolute atomic E-state index is 0.0748. The third-order valence-electron chi connectivity index (χ3n) is 6.48. The van der Waals surface area contributed by atoms with Gasteiger partial charge < -0.3 is 14.6 Å². The Hall–Kier alpha value is -2.37. The van der Waals surface area contributed by atoms with E-state index in [-0.39, 0.29) is 18.1 Å². The average Bonchev–Trinajstić information content (AvgIpc) is 3.44. The highest BCUT2D eigenvalue weighted by atomic mass is 16.6. The zero-order chi connectivity index (χ0) is 24.4. The number of ether oxygens (including phenoxy) is 1. The molecule has 34 heavy (non-hydrogen) atoms. The molecule has 1 aromatic heterocycles. The molecular weight excluding hydrogens is 426 g/mol. The molecule has 0 radical (unpaired) electrons. The van der Waals surface area contributed by atoms with Gasteiger partial charge in [-0.1, -0.05) is 81.3 Å². The first kappa shape index (κ1) is 26.2. The number of hydrogen-bond acceptors (Lipinski definition) is 5. The van der Waals surface area contributed by atoms with E-state index in [1.54, 1.807) is 0 Å². The van der Waals surface area contributed by atoms with Gasteiger partial charge in [-0.3, -0.25) is 0 Å². The second kappa shape index (κ2) is 12.9. The number of benzene rings is 1. The molecule has 1 saturated carbocycles. The second-order valence-corrected chi connectivity index (χ2v) is 10.7. The van der Waals surface area contributed by atoms with Crippen molar-refractivity contribution < 1.29 is 14.1 Å². The number of nitrogens with zero attached hydrogens (tertiary/aromatic N) is 2. The summed E-state index contributed by atoms with van der Waals surface area (Å²) < 4.78 is 11.0. The van der Waals surface area contributed by atoms with Crippen molar-refractivity contribution >= 4 is 6.09 Å². The minimum atomic E-state index is -0.493. The lowest BCUT2D eigenvalue weighted by atomic mass is 10.0. The highest BCUT2D eigenvalue weighted by Gasteiger charge is 2.32. The third kappa shape index (κ3) is 8.77. The lowest BCUT2D eigenvalue weighted by Crippen LogP contribution is -2.37. The summed E-state index contributed by atoms with van der Waals surface area (Å²) in [4.78, 5) is 16.7. The number of alkyl carbamates (subject to hydrolysis) is 1. The Morgan fingerprint density at radius 1 is 1.03 bits per heavy atom. The quantitative estimate of drug-likeness (QED) is 0.324. The smallest absolute Gasteiger partial charge is 0.407 e. The maximum absolute atomic E-state index is 12.0. The molecule has 1 amide bonds. The van der Waals surface area contributed by atoms with Gasteiger partial charge in [0.15, 0.2) is 0 Å². The number of nitrogens with one attached hydrogen (secondary N) is 1. The SMILES string of the molecule is CCCCCCCCCCc1ccc(-c2noc([C@@H]3CC[C@H](NC(=O)OC(C)(C)C)C3)n2)cc1. The van der Waals surface area contributed by atoms with Crippen molar-refractivity contribution in [2.24, 2.45) is 0 Å². The molecule has 2 atom stereocenters. The summed E-state index contributed by atoms with van der Waals surface area (Å²) in [5.41, 5.74) is 1.86. The monoisotopic (exact) mass is 469 g/mol. The van der Waals surface area contributed by atoms with Gasteiger partial charge in [0.2, 0.25) is 11.7 Å². The van der Waals surface area contributed by atoms with E-state index in [9.17, 15) is 4.79 Å². The van der Waals surface area contributed by atoms with Crippen LogP contribution >= 0.6 is 0 Å². The molecule has 0 spiro atoms. The van der Waals surface area contributed by atoms with Crippen LogP contribution in [-0.2, 0) is 11.2 Å². The Morgan fingerprint density at radius 2 is 1.71 bits per heavy atom. The highest BCUT2D eigenvalue weighted by molar-refractivity contribution is 5.68. The van der Waals surface area contributed by atoms with E-state index in [1.807, 2.05) is 20.8 Å². The van der Waals surface area contributed by atoms with E-state index < -0.39 is 5.60 Å². The van der Waals surface area contributed by atoms with Crippen LogP contribution in [0.4, 0.5) is 4.79 Å². The van der Waals surface area contributed by atoms with Crippen LogP contribution in [0.15, 0.2) is 28.8 Å². The number of carbonyl (C=O) groups excluding carboxylic acids is 1. The van der Waals surface area contributed by atoms with Gasteiger partial charge in [0.1, 0.15) is 5.60 Å². The van der Waals surface area contributed by atoms with E-state index in [0.29, 0.717) is 11.7 Å². The molecular formula is C28H43N3O3. The van der Waals surface area contributed by atoms with Crippen LogP contribution in [0.3, 0.4) is 0 Å². The first-order chi connectivity index (χ1) is 16.3. The molecule has 0 saturated heterocycles. The molecule has 0 aliphatic heterocycles. The molecule has 6 heteroatoms. The van der Waals surface area contributed by atoms with E-state index in [2.05, 4.69) is 46.6 Å². The van der Waals surface area contributed by atoms with Gasteiger partial charge in [-0.25, -0.2) is 4.79 Å². The fraction of sp³-hybridized carbons (Fsp3) is 0.679. The van der Waals surface area contributed by atoms with E-state index in [0.717, 1.165) is 31.2 Å². The van der Waals surface area contributed by atoms with Gasteiger partial charge in [-0.15, -0.1) is 0 Å². The molecule has 2 aromatic rings. The van der Waals surface area contributed by atoms with Gasteiger partial charge in [0.05, 0.1) is 0 Å². The van der Waals surface area contributed by atoms with Crippen molar-refractivity contribution in [3.8, 4) is 11.4 Å². The molecule has 1 aliphatic rings.